The smallest absolute Gasteiger partial charge is 0.196 e. The van der Waals surface area contributed by atoms with Gasteiger partial charge in [-0.1, -0.05) is 0 Å². The van der Waals surface area contributed by atoms with E-state index in [0.717, 1.165) is 12.2 Å². The van der Waals surface area contributed by atoms with Crippen LogP contribution in [0.1, 0.15) is 17.1 Å². The largest absolute Gasteiger partial charge is 0.316 e. The molecule has 0 bridgehead atoms. The zero-order chi connectivity index (χ0) is 11.5. The summed E-state index contributed by atoms with van der Waals surface area (Å²) in [4.78, 5) is 1.44. The number of hydrogen-bond donors (Lipinski definition) is 1. The van der Waals surface area contributed by atoms with E-state index >= 15 is 0 Å². The highest BCUT2D eigenvalue weighted by atomic mass is 15.6. The molecule has 0 aliphatic heterocycles. The zero-order valence-corrected chi connectivity index (χ0v) is 9.67. The normalized spacial score (nSPS) is 10.9. The SMILES string of the molecule is CNCc1cn(Cc2nnn(C)n2)nc1C. The molecular weight excluding hydrogens is 206 g/mol. The number of tetrazole rings is 1. The summed E-state index contributed by atoms with van der Waals surface area (Å²) in [5.41, 5.74) is 2.21. The highest BCUT2D eigenvalue weighted by Gasteiger charge is 2.06. The number of rotatable bonds is 4. The predicted octanol–water partition coefficient (Wildman–Crippen LogP) is -0.517. The van der Waals surface area contributed by atoms with E-state index in [1.165, 1.54) is 10.4 Å². The molecule has 0 aliphatic rings. The third kappa shape index (κ3) is 2.25. The molecule has 0 unspecified atom stereocenters. The first kappa shape index (κ1) is 10.7. The van der Waals surface area contributed by atoms with Crippen LogP contribution in [-0.2, 0) is 20.1 Å². The van der Waals surface area contributed by atoms with Crippen molar-refractivity contribution in [1.82, 2.24) is 35.3 Å². The molecule has 2 rings (SSSR count). The lowest BCUT2D eigenvalue weighted by Gasteiger charge is -1.95. The Morgan fingerprint density at radius 3 is 2.81 bits per heavy atom. The van der Waals surface area contributed by atoms with E-state index in [1.807, 2.05) is 24.9 Å². The van der Waals surface area contributed by atoms with Crippen LogP contribution in [0.2, 0.25) is 0 Å². The van der Waals surface area contributed by atoms with E-state index < -0.39 is 0 Å². The van der Waals surface area contributed by atoms with Crippen LogP contribution in [0.4, 0.5) is 0 Å². The van der Waals surface area contributed by atoms with Gasteiger partial charge in [0.1, 0.15) is 6.54 Å². The Labute approximate surface area is 93.5 Å². The quantitative estimate of drug-likeness (QED) is 0.752. The Morgan fingerprint density at radius 2 is 2.19 bits per heavy atom. The highest BCUT2D eigenvalue weighted by molar-refractivity contribution is 5.15. The molecule has 0 saturated heterocycles. The van der Waals surface area contributed by atoms with Gasteiger partial charge in [-0.05, 0) is 19.2 Å². The van der Waals surface area contributed by atoms with Crippen LogP contribution in [0.15, 0.2) is 6.20 Å². The lowest BCUT2D eigenvalue weighted by molar-refractivity contribution is 0.616. The van der Waals surface area contributed by atoms with Gasteiger partial charge in [0.05, 0.1) is 12.7 Å². The third-order valence-electron chi connectivity index (χ3n) is 2.27. The van der Waals surface area contributed by atoms with Crippen LogP contribution in [0.5, 0.6) is 0 Å². The first-order valence-corrected chi connectivity index (χ1v) is 5.09. The molecule has 7 heteroatoms. The fourth-order valence-electron chi connectivity index (χ4n) is 1.54. The molecule has 0 radical (unpaired) electrons. The zero-order valence-electron chi connectivity index (χ0n) is 9.67. The monoisotopic (exact) mass is 221 g/mol. The summed E-state index contributed by atoms with van der Waals surface area (Å²) >= 11 is 0. The first-order chi connectivity index (χ1) is 7.69. The van der Waals surface area contributed by atoms with E-state index in [0.29, 0.717) is 12.4 Å². The molecule has 16 heavy (non-hydrogen) atoms. The highest BCUT2D eigenvalue weighted by Crippen LogP contribution is 2.05. The second-order valence-corrected chi connectivity index (χ2v) is 3.66. The van der Waals surface area contributed by atoms with Crippen LogP contribution in [-0.4, -0.2) is 37.0 Å². The fraction of sp³-hybridized carbons (Fsp3) is 0.556. The van der Waals surface area contributed by atoms with E-state index in [9.17, 15) is 0 Å². The van der Waals surface area contributed by atoms with Gasteiger partial charge in [-0.25, -0.2) is 0 Å². The van der Waals surface area contributed by atoms with Gasteiger partial charge in [0, 0.05) is 18.3 Å². The van der Waals surface area contributed by atoms with Crippen LogP contribution in [0.3, 0.4) is 0 Å². The molecule has 0 fully saturated rings. The maximum Gasteiger partial charge on any atom is 0.196 e. The van der Waals surface area contributed by atoms with Crippen molar-refractivity contribution >= 4 is 0 Å². The molecule has 7 nitrogen and oxygen atoms in total. The molecular formula is C9H15N7. The van der Waals surface area contributed by atoms with Crippen molar-refractivity contribution in [3.8, 4) is 0 Å². The van der Waals surface area contributed by atoms with Crippen molar-refractivity contribution in [1.29, 1.82) is 0 Å². The average Bonchev–Trinajstić information content (AvgIpc) is 2.76. The first-order valence-electron chi connectivity index (χ1n) is 5.09. The van der Waals surface area contributed by atoms with Gasteiger partial charge in [0.2, 0.25) is 0 Å². The Hall–Kier alpha value is -1.76. The van der Waals surface area contributed by atoms with Gasteiger partial charge in [-0.15, -0.1) is 10.2 Å². The number of nitrogens with one attached hydrogen (secondary N) is 1. The van der Waals surface area contributed by atoms with Crippen molar-refractivity contribution in [3.05, 3.63) is 23.3 Å². The Balaban J connectivity index is 2.13. The van der Waals surface area contributed by atoms with Crippen molar-refractivity contribution in [2.45, 2.75) is 20.0 Å². The van der Waals surface area contributed by atoms with Gasteiger partial charge in [0.25, 0.3) is 0 Å². The molecule has 0 spiro atoms. The molecule has 86 valence electrons. The van der Waals surface area contributed by atoms with Gasteiger partial charge < -0.3 is 5.32 Å². The van der Waals surface area contributed by atoms with Crippen LogP contribution in [0, 0.1) is 6.92 Å². The molecule has 0 aliphatic carbocycles. The maximum atomic E-state index is 4.39. The fourth-order valence-corrected chi connectivity index (χ4v) is 1.54. The second-order valence-electron chi connectivity index (χ2n) is 3.66. The minimum absolute atomic E-state index is 0.554. The van der Waals surface area contributed by atoms with Gasteiger partial charge in [-0.2, -0.15) is 9.90 Å². The van der Waals surface area contributed by atoms with E-state index in [1.54, 1.807) is 7.05 Å². The van der Waals surface area contributed by atoms with Crippen LogP contribution in [0.25, 0.3) is 0 Å². The molecule has 2 aromatic heterocycles. The predicted molar refractivity (Wildman–Crippen MR) is 57.6 cm³/mol. The van der Waals surface area contributed by atoms with E-state index in [-0.39, 0.29) is 0 Å². The van der Waals surface area contributed by atoms with E-state index in [2.05, 4.69) is 25.8 Å². The van der Waals surface area contributed by atoms with Crippen molar-refractivity contribution in [2.24, 2.45) is 7.05 Å². The van der Waals surface area contributed by atoms with E-state index in [4.69, 9.17) is 0 Å². The standard InChI is InChI=1S/C9H15N7/c1-7-8(4-10-2)5-16(12-7)6-9-11-14-15(3)13-9/h5,10H,4,6H2,1-3H3. The molecule has 0 atom stereocenters. The third-order valence-corrected chi connectivity index (χ3v) is 2.27. The summed E-state index contributed by atoms with van der Waals surface area (Å²) < 4.78 is 1.83. The lowest BCUT2D eigenvalue weighted by atomic mass is 10.3. The summed E-state index contributed by atoms with van der Waals surface area (Å²) in [6, 6.07) is 0. The van der Waals surface area contributed by atoms with Gasteiger partial charge in [-0.3, -0.25) is 4.68 Å². The molecule has 0 saturated carbocycles. The number of aryl methyl sites for hydroxylation is 2. The Morgan fingerprint density at radius 1 is 1.38 bits per heavy atom. The number of hydrogen-bond acceptors (Lipinski definition) is 5. The van der Waals surface area contributed by atoms with Crippen molar-refractivity contribution < 1.29 is 0 Å². The van der Waals surface area contributed by atoms with Crippen molar-refractivity contribution in [3.63, 3.8) is 0 Å². The topological polar surface area (TPSA) is 73.5 Å². The second kappa shape index (κ2) is 4.40. The van der Waals surface area contributed by atoms with Crippen LogP contribution < -0.4 is 5.32 Å². The lowest BCUT2D eigenvalue weighted by Crippen LogP contribution is -2.05. The van der Waals surface area contributed by atoms with Gasteiger partial charge >= 0.3 is 0 Å². The summed E-state index contributed by atoms with van der Waals surface area (Å²) in [5.74, 6) is 0.668. The number of aromatic nitrogens is 6. The van der Waals surface area contributed by atoms with Crippen LogP contribution >= 0.6 is 0 Å². The number of nitrogens with zero attached hydrogens (tertiary/aromatic N) is 6. The Kier molecular flexibility index (Phi) is 2.95. The Bertz CT molecular complexity index is 470. The molecule has 0 aromatic carbocycles. The minimum Gasteiger partial charge on any atom is -0.316 e. The molecule has 2 aromatic rings. The summed E-state index contributed by atoms with van der Waals surface area (Å²) in [6.07, 6.45) is 2.00. The summed E-state index contributed by atoms with van der Waals surface area (Å²) in [7, 11) is 3.66. The minimum atomic E-state index is 0.554. The summed E-state index contributed by atoms with van der Waals surface area (Å²) in [5, 5.41) is 19.3. The van der Waals surface area contributed by atoms with Crippen molar-refractivity contribution in [2.75, 3.05) is 7.05 Å². The summed E-state index contributed by atoms with van der Waals surface area (Å²) in [6.45, 7) is 3.37. The molecule has 1 N–H and O–H groups in total. The maximum absolute atomic E-state index is 4.39. The molecule has 2 heterocycles. The average molecular weight is 221 g/mol. The van der Waals surface area contributed by atoms with Gasteiger partial charge in [0.15, 0.2) is 5.82 Å². The molecule has 0 amide bonds.